The Balaban J connectivity index is 2.11. The van der Waals surface area contributed by atoms with Gasteiger partial charge in [-0.25, -0.2) is 0 Å². The summed E-state index contributed by atoms with van der Waals surface area (Å²) in [4.78, 5) is 11.2. The summed E-state index contributed by atoms with van der Waals surface area (Å²) < 4.78 is 28.2. The number of rotatable bonds is 6. The van der Waals surface area contributed by atoms with Crippen molar-refractivity contribution in [3.63, 3.8) is 0 Å². The van der Waals surface area contributed by atoms with Crippen LogP contribution < -0.4 is 0 Å². The minimum Gasteiger partial charge on any atom is -0.481 e. The Labute approximate surface area is 120 Å². The molecule has 2 fully saturated rings. The highest BCUT2D eigenvalue weighted by atomic mass is 32.2. The van der Waals surface area contributed by atoms with Crippen LogP contribution in [0.15, 0.2) is 0 Å². The summed E-state index contributed by atoms with van der Waals surface area (Å²) in [7, 11) is -3.53. The summed E-state index contributed by atoms with van der Waals surface area (Å²) >= 11 is 0. The third-order valence-corrected chi connectivity index (χ3v) is 6.15. The van der Waals surface area contributed by atoms with Gasteiger partial charge in [0.1, 0.15) is 0 Å². The van der Waals surface area contributed by atoms with E-state index in [0.29, 0.717) is 32.0 Å². The second-order valence-electron chi connectivity index (χ2n) is 6.09. The zero-order valence-corrected chi connectivity index (χ0v) is 13.0. The Morgan fingerprint density at radius 2 is 2.00 bits per heavy atom. The lowest BCUT2D eigenvalue weighted by Gasteiger charge is -2.36. The molecule has 1 aliphatic heterocycles. The van der Waals surface area contributed by atoms with Gasteiger partial charge in [0.15, 0.2) is 0 Å². The molecular formula is C13H24N2O4S. The van der Waals surface area contributed by atoms with Crippen LogP contribution in [0.5, 0.6) is 0 Å². The van der Waals surface area contributed by atoms with Crippen LogP contribution in [-0.4, -0.2) is 54.3 Å². The minimum atomic E-state index is -3.53. The first-order valence-corrected chi connectivity index (χ1v) is 8.72. The fourth-order valence-electron chi connectivity index (χ4n) is 2.81. The molecule has 0 aromatic carbocycles. The average Bonchev–Trinajstić information content (AvgIpc) is 3.18. The highest BCUT2D eigenvalue weighted by Crippen LogP contribution is 2.32. The van der Waals surface area contributed by atoms with Crippen LogP contribution in [0.3, 0.4) is 0 Å². The lowest BCUT2D eigenvalue weighted by atomic mass is 9.92. The van der Waals surface area contributed by atoms with Crippen molar-refractivity contribution in [2.45, 2.75) is 33.1 Å². The zero-order chi connectivity index (χ0) is 14.9. The third kappa shape index (κ3) is 3.51. The maximum Gasteiger partial charge on any atom is 0.307 e. The lowest BCUT2D eigenvalue weighted by molar-refractivity contribution is -0.143. The molecule has 2 aliphatic rings. The molecule has 1 saturated heterocycles. The van der Waals surface area contributed by atoms with Crippen molar-refractivity contribution in [2.24, 2.45) is 17.8 Å². The number of aliphatic carboxylic acids is 1. The van der Waals surface area contributed by atoms with Crippen molar-refractivity contribution in [3.8, 4) is 0 Å². The SMILES string of the molecule is CCN(CC1CC1)S(=O)(=O)N1CC(C)CC(C(=O)O)C1. The Morgan fingerprint density at radius 1 is 1.35 bits per heavy atom. The van der Waals surface area contributed by atoms with Crippen molar-refractivity contribution >= 4 is 16.2 Å². The highest BCUT2D eigenvalue weighted by Gasteiger charge is 2.39. The van der Waals surface area contributed by atoms with Crippen molar-refractivity contribution in [1.82, 2.24) is 8.61 Å². The number of carbonyl (C=O) groups is 1. The summed E-state index contributed by atoms with van der Waals surface area (Å²) in [6.07, 6.45) is 2.75. The molecule has 0 aromatic rings. The topological polar surface area (TPSA) is 77.9 Å². The van der Waals surface area contributed by atoms with Gasteiger partial charge in [-0.05, 0) is 31.1 Å². The van der Waals surface area contributed by atoms with Gasteiger partial charge in [0.2, 0.25) is 0 Å². The van der Waals surface area contributed by atoms with Crippen LogP contribution in [0.2, 0.25) is 0 Å². The maximum absolute atomic E-state index is 12.7. The molecule has 116 valence electrons. The number of piperidine rings is 1. The van der Waals surface area contributed by atoms with Gasteiger partial charge in [-0.3, -0.25) is 4.79 Å². The Morgan fingerprint density at radius 3 is 2.50 bits per heavy atom. The van der Waals surface area contributed by atoms with Crippen LogP contribution in [0.1, 0.15) is 33.1 Å². The van der Waals surface area contributed by atoms with Crippen LogP contribution in [0.25, 0.3) is 0 Å². The molecule has 1 heterocycles. The quantitative estimate of drug-likeness (QED) is 0.794. The number of nitrogens with zero attached hydrogens (tertiary/aromatic N) is 2. The zero-order valence-electron chi connectivity index (χ0n) is 12.2. The number of hydrogen-bond acceptors (Lipinski definition) is 3. The third-order valence-electron chi connectivity index (χ3n) is 4.14. The van der Waals surface area contributed by atoms with Crippen molar-refractivity contribution in [2.75, 3.05) is 26.2 Å². The monoisotopic (exact) mass is 304 g/mol. The van der Waals surface area contributed by atoms with Gasteiger partial charge in [-0.15, -0.1) is 0 Å². The molecule has 1 N–H and O–H groups in total. The molecule has 7 heteroatoms. The number of carboxylic acid groups (broad SMARTS) is 1. The van der Waals surface area contributed by atoms with Crippen molar-refractivity contribution in [1.29, 1.82) is 0 Å². The van der Waals surface area contributed by atoms with Gasteiger partial charge in [0.05, 0.1) is 5.92 Å². The van der Waals surface area contributed by atoms with Gasteiger partial charge in [-0.2, -0.15) is 17.0 Å². The first kappa shape index (κ1) is 15.7. The fourth-order valence-corrected chi connectivity index (χ4v) is 4.67. The van der Waals surface area contributed by atoms with E-state index >= 15 is 0 Å². The highest BCUT2D eigenvalue weighted by molar-refractivity contribution is 7.86. The van der Waals surface area contributed by atoms with Gasteiger partial charge in [0.25, 0.3) is 10.2 Å². The summed E-state index contributed by atoms with van der Waals surface area (Å²) in [5.74, 6) is -0.920. The molecular weight excluding hydrogens is 280 g/mol. The first-order valence-electron chi connectivity index (χ1n) is 7.32. The van der Waals surface area contributed by atoms with Gasteiger partial charge >= 0.3 is 5.97 Å². The minimum absolute atomic E-state index is 0.0826. The van der Waals surface area contributed by atoms with Gasteiger partial charge in [-0.1, -0.05) is 13.8 Å². The van der Waals surface area contributed by atoms with E-state index in [4.69, 9.17) is 5.11 Å². The van der Waals surface area contributed by atoms with E-state index in [0.717, 1.165) is 12.8 Å². The average molecular weight is 304 g/mol. The Kier molecular flexibility index (Phi) is 4.71. The van der Waals surface area contributed by atoms with Crippen LogP contribution in [0.4, 0.5) is 0 Å². The second-order valence-corrected chi connectivity index (χ2v) is 8.02. The molecule has 2 rings (SSSR count). The second kappa shape index (κ2) is 5.99. The largest absolute Gasteiger partial charge is 0.481 e. The van der Waals surface area contributed by atoms with Gasteiger partial charge < -0.3 is 5.11 Å². The van der Waals surface area contributed by atoms with Gasteiger partial charge in [0, 0.05) is 26.2 Å². The summed E-state index contributed by atoms with van der Waals surface area (Å²) in [6, 6.07) is 0. The van der Waals surface area contributed by atoms with E-state index < -0.39 is 22.1 Å². The molecule has 2 atom stereocenters. The van der Waals surface area contributed by atoms with Crippen LogP contribution >= 0.6 is 0 Å². The van der Waals surface area contributed by atoms with Crippen molar-refractivity contribution < 1.29 is 18.3 Å². The van der Waals surface area contributed by atoms with Crippen LogP contribution in [0, 0.1) is 17.8 Å². The molecule has 0 amide bonds. The molecule has 0 spiro atoms. The fraction of sp³-hybridized carbons (Fsp3) is 0.923. The predicted octanol–water partition coefficient (Wildman–Crippen LogP) is 1.01. The Hall–Kier alpha value is -0.660. The standard InChI is InChI=1S/C13H24N2O4S/c1-3-14(8-11-4-5-11)20(18,19)15-7-10(2)6-12(9-15)13(16)17/h10-12H,3-9H2,1-2H3,(H,16,17). The molecule has 6 nitrogen and oxygen atoms in total. The predicted molar refractivity (Wildman–Crippen MR) is 75.4 cm³/mol. The van der Waals surface area contributed by atoms with E-state index in [1.165, 1.54) is 8.61 Å². The summed E-state index contributed by atoms with van der Waals surface area (Å²) in [5.41, 5.74) is 0. The van der Waals surface area contributed by atoms with Crippen molar-refractivity contribution in [3.05, 3.63) is 0 Å². The van der Waals surface area contributed by atoms with E-state index in [1.54, 1.807) is 0 Å². The maximum atomic E-state index is 12.7. The lowest BCUT2D eigenvalue weighted by Crippen LogP contribution is -2.51. The number of carboxylic acids is 1. The Bertz CT molecular complexity index is 461. The molecule has 0 bridgehead atoms. The molecule has 1 saturated carbocycles. The van der Waals surface area contributed by atoms with E-state index in [2.05, 4.69) is 0 Å². The molecule has 2 unspecified atom stereocenters. The van der Waals surface area contributed by atoms with E-state index in [9.17, 15) is 13.2 Å². The number of hydrogen-bond donors (Lipinski definition) is 1. The van der Waals surface area contributed by atoms with Crippen LogP contribution in [-0.2, 0) is 15.0 Å². The van der Waals surface area contributed by atoms with E-state index in [-0.39, 0.29) is 12.5 Å². The molecule has 0 aromatic heterocycles. The molecule has 20 heavy (non-hydrogen) atoms. The van der Waals surface area contributed by atoms with E-state index in [1.807, 2.05) is 13.8 Å². The summed E-state index contributed by atoms with van der Waals surface area (Å²) in [6.45, 7) is 5.29. The molecule has 0 radical (unpaired) electrons. The first-order chi connectivity index (χ1) is 9.34. The normalized spacial score (nSPS) is 28.8. The summed E-state index contributed by atoms with van der Waals surface area (Å²) in [5, 5.41) is 9.16. The molecule has 1 aliphatic carbocycles. The smallest absolute Gasteiger partial charge is 0.307 e.